The maximum absolute atomic E-state index is 13.0. The van der Waals surface area contributed by atoms with Crippen molar-refractivity contribution in [2.75, 3.05) is 57.3 Å². The van der Waals surface area contributed by atoms with Gasteiger partial charge in [-0.25, -0.2) is 4.79 Å². The number of ether oxygens (including phenoxy) is 3. The van der Waals surface area contributed by atoms with Gasteiger partial charge in [0, 0.05) is 42.6 Å². The van der Waals surface area contributed by atoms with Gasteiger partial charge in [0.2, 0.25) is 0 Å². The minimum atomic E-state index is -0.195. The van der Waals surface area contributed by atoms with Crippen LogP contribution in [0, 0.1) is 0 Å². The summed E-state index contributed by atoms with van der Waals surface area (Å²) < 4.78 is 15.9. The zero-order valence-electron chi connectivity index (χ0n) is 20.5. The first-order valence-corrected chi connectivity index (χ1v) is 12.0. The number of benzene rings is 3. The number of hydrogen-bond acceptors (Lipinski definition) is 5. The van der Waals surface area contributed by atoms with Crippen molar-refractivity contribution in [1.82, 2.24) is 4.90 Å². The molecule has 0 atom stereocenters. The van der Waals surface area contributed by atoms with Crippen molar-refractivity contribution in [1.29, 1.82) is 0 Å². The number of urea groups is 1. The van der Waals surface area contributed by atoms with E-state index in [4.69, 9.17) is 14.2 Å². The van der Waals surface area contributed by atoms with Gasteiger partial charge in [0.15, 0.2) is 11.5 Å². The molecule has 1 fully saturated rings. The highest BCUT2D eigenvalue weighted by Crippen LogP contribution is 2.34. The van der Waals surface area contributed by atoms with E-state index in [1.165, 1.54) is 0 Å². The maximum Gasteiger partial charge on any atom is 0.326 e. The van der Waals surface area contributed by atoms with E-state index in [-0.39, 0.29) is 11.9 Å². The summed E-state index contributed by atoms with van der Waals surface area (Å²) in [5.41, 5.74) is 5.42. The Balaban J connectivity index is 1.28. The Hall–Kier alpha value is -4.04. The third-order valence-corrected chi connectivity index (χ3v) is 6.62. The van der Waals surface area contributed by atoms with Crippen LogP contribution in [0.3, 0.4) is 0 Å². The van der Waals surface area contributed by atoms with Gasteiger partial charge in [-0.2, -0.15) is 0 Å². The molecular formula is C28H29N3O5. The summed E-state index contributed by atoms with van der Waals surface area (Å²) in [7, 11) is 3.14. The summed E-state index contributed by atoms with van der Waals surface area (Å²) in [6.45, 7) is 3.03. The topological polar surface area (TPSA) is 80.3 Å². The van der Waals surface area contributed by atoms with Crippen LogP contribution in [0.15, 0.2) is 60.7 Å². The molecule has 1 N–H and O–H groups in total. The lowest BCUT2D eigenvalue weighted by Gasteiger charge is -2.26. The Morgan fingerprint density at radius 1 is 0.833 bits per heavy atom. The van der Waals surface area contributed by atoms with Crippen molar-refractivity contribution in [3.8, 4) is 22.6 Å². The second kappa shape index (κ2) is 10.3. The Morgan fingerprint density at radius 2 is 1.56 bits per heavy atom. The average Bonchev–Trinajstić information content (AvgIpc) is 3.36. The van der Waals surface area contributed by atoms with Crippen LogP contribution in [0.25, 0.3) is 11.1 Å². The first-order chi connectivity index (χ1) is 17.6. The summed E-state index contributed by atoms with van der Waals surface area (Å²) in [6, 6.07) is 18.9. The van der Waals surface area contributed by atoms with E-state index in [1.807, 2.05) is 41.3 Å². The molecule has 1 saturated heterocycles. The van der Waals surface area contributed by atoms with Gasteiger partial charge >= 0.3 is 6.03 Å². The Kier molecular flexibility index (Phi) is 6.77. The molecule has 186 valence electrons. The fraction of sp³-hybridized carbons (Fsp3) is 0.286. The van der Waals surface area contributed by atoms with Crippen LogP contribution < -0.4 is 19.7 Å². The van der Waals surface area contributed by atoms with E-state index >= 15 is 0 Å². The van der Waals surface area contributed by atoms with Gasteiger partial charge in [0.1, 0.15) is 0 Å². The van der Waals surface area contributed by atoms with Gasteiger partial charge in [0.25, 0.3) is 5.91 Å². The molecule has 3 aromatic rings. The van der Waals surface area contributed by atoms with Crippen LogP contribution in [-0.4, -0.2) is 63.9 Å². The summed E-state index contributed by atoms with van der Waals surface area (Å²) in [5.74, 6) is 1.20. The SMILES string of the molecule is COc1ccc(NC(=O)N2CCc3cc(-c4ccc(C(=O)N5CCOCC5)cc4)ccc32)cc1OC. The van der Waals surface area contributed by atoms with Gasteiger partial charge in [-0.3, -0.25) is 9.69 Å². The minimum Gasteiger partial charge on any atom is -0.493 e. The number of anilines is 2. The van der Waals surface area contributed by atoms with Crippen molar-refractivity contribution in [3.05, 3.63) is 71.8 Å². The number of hydrogen-bond donors (Lipinski definition) is 1. The van der Waals surface area contributed by atoms with Gasteiger partial charge in [-0.05, 0) is 59.5 Å². The van der Waals surface area contributed by atoms with Crippen molar-refractivity contribution in [2.24, 2.45) is 0 Å². The quantitative estimate of drug-likeness (QED) is 0.576. The number of amides is 3. The lowest BCUT2D eigenvalue weighted by molar-refractivity contribution is 0.0303. The molecule has 0 aliphatic carbocycles. The molecule has 2 aliphatic heterocycles. The maximum atomic E-state index is 13.0. The summed E-state index contributed by atoms with van der Waals surface area (Å²) in [6.07, 6.45) is 0.774. The second-order valence-corrected chi connectivity index (χ2v) is 8.73. The van der Waals surface area contributed by atoms with Gasteiger partial charge in [0.05, 0.1) is 27.4 Å². The van der Waals surface area contributed by atoms with E-state index < -0.39 is 0 Å². The second-order valence-electron chi connectivity index (χ2n) is 8.73. The van der Waals surface area contributed by atoms with Crippen LogP contribution in [0.1, 0.15) is 15.9 Å². The monoisotopic (exact) mass is 487 g/mol. The van der Waals surface area contributed by atoms with Gasteiger partial charge in [-0.1, -0.05) is 18.2 Å². The molecule has 0 aromatic heterocycles. The third kappa shape index (κ3) is 4.72. The summed E-state index contributed by atoms with van der Waals surface area (Å²) >= 11 is 0. The molecule has 8 nitrogen and oxygen atoms in total. The third-order valence-electron chi connectivity index (χ3n) is 6.62. The number of rotatable bonds is 5. The zero-order valence-corrected chi connectivity index (χ0v) is 20.5. The van der Waals surface area contributed by atoms with Crippen molar-refractivity contribution >= 4 is 23.3 Å². The van der Waals surface area contributed by atoms with E-state index in [0.29, 0.717) is 55.6 Å². The molecule has 8 heteroatoms. The Bertz CT molecular complexity index is 1270. The lowest BCUT2D eigenvalue weighted by Crippen LogP contribution is -2.40. The van der Waals surface area contributed by atoms with Crippen LogP contribution in [0.5, 0.6) is 11.5 Å². The van der Waals surface area contributed by atoms with Gasteiger partial charge in [-0.15, -0.1) is 0 Å². The van der Waals surface area contributed by atoms with Gasteiger partial charge < -0.3 is 24.4 Å². The van der Waals surface area contributed by atoms with E-state index in [2.05, 4.69) is 11.4 Å². The van der Waals surface area contributed by atoms with Crippen LogP contribution >= 0.6 is 0 Å². The highest BCUT2D eigenvalue weighted by molar-refractivity contribution is 6.03. The molecule has 0 saturated carbocycles. The van der Waals surface area contributed by atoms with E-state index in [1.54, 1.807) is 37.3 Å². The molecule has 0 unspecified atom stereocenters. The van der Waals surface area contributed by atoms with Crippen molar-refractivity contribution in [2.45, 2.75) is 6.42 Å². The lowest BCUT2D eigenvalue weighted by atomic mass is 10.0. The molecule has 3 amide bonds. The average molecular weight is 488 g/mol. The summed E-state index contributed by atoms with van der Waals surface area (Å²) in [4.78, 5) is 29.3. The molecule has 2 aliphatic rings. The predicted molar refractivity (Wildman–Crippen MR) is 138 cm³/mol. The minimum absolute atomic E-state index is 0.0370. The largest absolute Gasteiger partial charge is 0.493 e. The Morgan fingerprint density at radius 3 is 2.28 bits per heavy atom. The normalized spacial score (nSPS) is 14.8. The van der Waals surface area contributed by atoms with Crippen molar-refractivity contribution in [3.63, 3.8) is 0 Å². The molecule has 3 aromatic carbocycles. The first-order valence-electron chi connectivity index (χ1n) is 12.0. The number of methoxy groups -OCH3 is 2. The molecule has 5 rings (SSSR count). The standard InChI is InChI=1S/C28H29N3O5/c1-34-25-10-8-23(18-26(25)35-2)29-28(33)31-12-11-22-17-21(7-9-24(22)31)19-3-5-20(6-4-19)27(32)30-13-15-36-16-14-30/h3-10,17-18H,11-16H2,1-2H3,(H,29,33). The highest BCUT2D eigenvalue weighted by Gasteiger charge is 2.25. The highest BCUT2D eigenvalue weighted by atomic mass is 16.5. The number of carbonyl (C=O) groups is 2. The fourth-order valence-corrected chi connectivity index (χ4v) is 4.65. The first kappa shape index (κ1) is 23.7. The number of nitrogens with one attached hydrogen (secondary N) is 1. The number of nitrogens with zero attached hydrogens (tertiary/aromatic N) is 2. The van der Waals surface area contributed by atoms with Crippen LogP contribution in [0.4, 0.5) is 16.2 Å². The Labute approximate surface area is 210 Å². The molecule has 2 heterocycles. The molecular weight excluding hydrogens is 458 g/mol. The zero-order chi connectivity index (χ0) is 25.1. The fourth-order valence-electron chi connectivity index (χ4n) is 4.65. The molecule has 36 heavy (non-hydrogen) atoms. The molecule has 0 spiro atoms. The smallest absolute Gasteiger partial charge is 0.326 e. The van der Waals surface area contributed by atoms with Crippen LogP contribution in [0.2, 0.25) is 0 Å². The summed E-state index contributed by atoms with van der Waals surface area (Å²) in [5, 5.41) is 2.95. The molecule has 0 radical (unpaired) electrons. The van der Waals surface area contributed by atoms with E-state index in [9.17, 15) is 9.59 Å². The number of morpholine rings is 1. The predicted octanol–water partition coefficient (Wildman–Crippen LogP) is 4.44. The molecule has 0 bridgehead atoms. The number of carbonyl (C=O) groups excluding carboxylic acids is 2. The van der Waals surface area contributed by atoms with Crippen LogP contribution in [-0.2, 0) is 11.2 Å². The van der Waals surface area contributed by atoms with Crippen molar-refractivity contribution < 1.29 is 23.8 Å². The number of fused-ring (bicyclic) bond motifs is 1. The van der Waals surface area contributed by atoms with E-state index in [0.717, 1.165) is 28.8 Å².